The summed E-state index contributed by atoms with van der Waals surface area (Å²) in [5, 5.41) is 11.9. The molecular weight excluding hydrogens is 256 g/mol. The molecule has 1 aromatic carbocycles. The van der Waals surface area contributed by atoms with Crippen LogP contribution >= 0.6 is 0 Å². The fraction of sp³-hybridized carbons (Fsp3) is 0.333. The van der Waals surface area contributed by atoms with Gasteiger partial charge in [0.2, 0.25) is 0 Å². The first-order chi connectivity index (χ1) is 9.69. The van der Waals surface area contributed by atoms with Crippen LogP contribution < -0.4 is 14.8 Å². The summed E-state index contributed by atoms with van der Waals surface area (Å²) in [7, 11) is 3.06. The molecular formula is C15H16N2O3. The van der Waals surface area contributed by atoms with Crippen LogP contribution in [0.5, 0.6) is 11.5 Å². The number of hydrogen-bond acceptors (Lipinski definition) is 4. The van der Waals surface area contributed by atoms with E-state index in [1.165, 1.54) is 20.3 Å². The zero-order valence-corrected chi connectivity index (χ0v) is 11.5. The highest BCUT2D eigenvalue weighted by Gasteiger charge is 2.25. The van der Waals surface area contributed by atoms with Crippen molar-refractivity contribution in [1.82, 2.24) is 5.32 Å². The van der Waals surface area contributed by atoms with Gasteiger partial charge in [0.25, 0.3) is 5.91 Å². The van der Waals surface area contributed by atoms with Crippen molar-refractivity contribution in [2.24, 2.45) is 0 Å². The van der Waals surface area contributed by atoms with Gasteiger partial charge in [-0.05, 0) is 25.0 Å². The maximum Gasteiger partial charge on any atom is 0.262 e. The van der Waals surface area contributed by atoms with Gasteiger partial charge in [-0.25, -0.2) is 0 Å². The molecule has 1 N–H and O–H groups in total. The smallest absolute Gasteiger partial charge is 0.262 e. The molecule has 0 unspecified atom stereocenters. The number of amides is 1. The minimum Gasteiger partial charge on any atom is -0.493 e. The van der Waals surface area contributed by atoms with Crippen molar-refractivity contribution in [3.05, 3.63) is 29.3 Å². The lowest BCUT2D eigenvalue weighted by Crippen LogP contribution is -2.26. The van der Waals surface area contributed by atoms with Gasteiger partial charge < -0.3 is 14.8 Å². The minimum absolute atomic E-state index is 0.0588. The van der Waals surface area contributed by atoms with E-state index in [9.17, 15) is 4.79 Å². The Morgan fingerprint density at radius 2 is 2.15 bits per heavy atom. The first-order valence-electron chi connectivity index (χ1n) is 6.33. The third-order valence-corrected chi connectivity index (χ3v) is 3.01. The van der Waals surface area contributed by atoms with Crippen LogP contribution in [-0.2, 0) is 4.79 Å². The summed E-state index contributed by atoms with van der Waals surface area (Å²) in [6, 6.07) is 7.44. The van der Waals surface area contributed by atoms with Crippen molar-refractivity contribution in [3.63, 3.8) is 0 Å². The van der Waals surface area contributed by atoms with Gasteiger partial charge in [0.15, 0.2) is 11.5 Å². The molecule has 1 saturated carbocycles. The van der Waals surface area contributed by atoms with Gasteiger partial charge >= 0.3 is 0 Å². The van der Waals surface area contributed by atoms with Crippen LogP contribution in [0.25, 0.3) is 6.08 Å². The molecule has 20 heavy (non-hydrogen) atoms. The highest BCUT2D eigenvalue weighted by molar-refractivity contribution is 6.02. The Labute approximate surface area is 117 Å². The number of nitrogens with one attached hydrogen (secondary N) is 1. The largest absolute Gasteiger partial charge is 0.493 e. The number of rotatable bonds is 5. The van der Waals surface area contributed by atoms with E-state index in [4.69, 9.17) is 14.7 Å². The molecule has 5 heteroatoms. The number of nitrogens with zero attached hydrogens (tertiary/aromatic N) is 1. The topological polar surface area (TPSA) is 71.3 Å². The average molecular weight is 272 g/mol. The molecule has 1 aliphatic rings. The quantitative estimate of drug-likeness (QED) is 0.656. The van der Waals surface area contributed by atoms with Gasteiger partial charge in [0.1, 0.15) is 11.6 Å². The van der Waals surface area contributed by atoms with Gasteiger partial charge in [-0.2, -0.15) is 5.26 Å². The fourth-order valence-corrected chi connectivity index (χ4v) is 1.82. The van der Waals surface area contributed by atoms with Crippen LogP contribution in [0.2, 0.25) is 0 Å². The average Bonchev–Trinajstić information content (AvgIpc) is 3.27. The zero-order valence-electron chi connectivity index (χ0n) is 11.5. The standard InChI is InChI=1S/C15H16N2O3/c1-19-13-5-3-4-10(14(13)20-2)8-11(9-16)15(18)17-12-6-7-12/h3-5,8,12H,6-7H2,1-2H3,(H,17,18)/b11-8+. The highest BCUT2D eigenvalue weighted by atomic mass is 16.5. The molecule has 1 aliphatic carbocycles. The van der Waals surface area contributed by atoms with Crippen LogP contribution in [-0.4, -0.2) is 26.2 Å². The van der Waals surface area contributed by atoms with E-state index in [0.29, 0.717) is 17.1 Å². The molecule has 0 aromatic heterocycles. The molecule has 0 radical (unpaired) electrons. The van der Waals surface area contributed by atoms with Gasteiger partial charge in [-0.15, -0.1) is 0 Å². The van der Waals surface area contributed by atoms with Crippen molar-refractivity contribution >= 4 is 12.0 Å². The summed E-state index contributed by atoms with van der Waals surface area (Å²) in [5.41, 5.74) is 0.692. The SMILES string of the molecule is COc1cccc(/C=C(\C#N)C(=O)NC2CC2)c1OC. The van der Waals surface area contributed by atoms with Crippen molar-refractivity contribution in [2.45, 2.75) is 18.9 Å². The molecule has 0 heterocycles. The van der Waals surface area contributed by atoms with E-state index in [-0.39, 0.29) is 17.5 Å². The number of methoxy groups -OCH3 is 2. The minimum atomic E-state index is -0.347. The molecule has 1 aromatic rings. The maximum atomic E-state index is 11.9. The van der Waals surface area contributed by atoms with Crippen LogP contribution in [0.4, 0.5) is 0 Å². The summed E-state index contributed by atoms with van der Waals surface area (Å²) in [6.45, 7) is 0. The van der Waals surface area contributed by atoms with E-state index >= 15 is 0 Å². The van der Waals surface area contributed by atoms with Gasteiger partial charge in [0, 0.05) is 11.6 Å². The second-order valence-electron chi connectivity index (χ2n) is 4.50. The van der Waals surface area contributed by atoms with E-state index < -0.39 is 0 Å². The third-order valence-electron chi connectivity index (χ3n) is 3.01. The van der Waals surface area contributed by atoms with E-state index in [1.807, 2.05) is 6.07 Å². The monoisotopic (exact) mass is 272 g/mol. The summed E-state index contributed by atoms with van der Waals surface area (Å²) in [5.74, 6) is 0.711. The van der Waals surface area contributed by atoms with Crippen molar-refractivity contribution < 1.29 is 14.3 Å². The lowest BCUT2D eigenvalue weighted by molar-refractivity contribution is -0.117. The van der Waals surface area contributed by atoms with Crippen LogP contribution in [0.3, 0.4) is 0 Å². The summed E-state index contributed by atoms with van der Waals surface area (Å²) in [4.78, 5) is 11.9. The zero-order chi connectivity index (χ0) is 14.5. The lowest BCUT2D eigenvalue weighted by Gasteiger charge is -2.10. The predicted octanol–water partition coefficient (Wildman–Crippen LogP) is 1.89. The number of carbonyl (C=O) groups excluding carboxylic acids is 1. The Hall–Kier alpha value is -2.48. The van der Waals surface area contributed by atoms with Gasteiger partial charge in [0.05, 0.1) is 14.2 Å². The predicted molar refractivity (Wildman–Crippen MR) is 74.3 cm³/mol. The van der Waals surface area contributed by atoms with Crippen LogP contribution in [0.15, 0.2) is 23.8 Å². The number of para-hydroxylation sites is 1. The normalized spacial score (nSPS) is 14.3. The second kappa shape index (κ2) is 6.11. The molecule has 0 atom stereocenters. The maximum absolute atomic E-state index is 11.9. The Kier molecular flexibility index (Phi) is 4.26. The summed E-state index contributed by atoms with van der Waals surface area (Å²) in [6.07, 6.45) is 3.47. The Morgan fingerprint density at radius 3 is 2.70 bits per heavy atom. The summed E-state index contributed by atoms with van der Waals surface area (Å²) < 4.78 is 10.5. The lowest BCUT2D eigenvalue weighted by atomic mass is 10.1. The van der Waals surface area contributed by atoms with Gasteiger partial charge in [-0.1, -0.05) is 12.1 Å². The molecule has 0 saturated heterocycles. The Balaban J connectivity index is 2.31. The molecule has 104 valence electrons. The van der Waals surface area contributed by atoms with Crippen molar-refractivity contribution in [1.29, 1.82) is 5.26 Å². The number of carbonyl (C=O) groups is 1. The van der Waals surface area contributed by atoms with Crippen molar-refractivity contribution in [3.8, 4) is 17.6 Å². The molecule has 5 nitrogen and oxygen atoms in total. The van der Waals surface area contributed by atoms with E-state index in [0.717, 1.165) is 12.8 Å². The Bertz CT molecular complexity index is 583. The molecule has 0 bridgehead atoms. The second-order valence-corrected chi connectivity index (χ2v) is 4.50. The summed E-state index contributed by atoms with van der Waals surface area (Å²) >= 11 is 0. The first kappa shape index (κ1) is 13.9. The number of nitriles is 1. The number of hydrogen-bond donors (Lipinski definition) is 1. The Morgan fingerprint density at radius 1 is 1.40 bits per heavy atom. The molecule has 2 rings (SSSR count). The number of ether oxygens (including phenoxy) is 2. The molecule has 0 aliphatic heterocycles. The van der Waals surface area contributed by atoms with Crippen LogP contribution in [0.1, 0.15) is 18.4 Å². The van der Waals surface area contributed by atoms with E-state index in [1.54, 1.807) is 18.2 Å². The van der Waals surface area contributed by atoms with Crippen molar-refractivity contribution in [2.75, 3.05) is 14.2 Å². The molecule has 1 amide bonds. The first-order valence-corrected chi connectivity index (χ1v) is 6.33. The third kappa shape index (κ3) is 3.09. The number of benzene rings is 1. The molecule has 1 fully saturated rings. The van der Waals surface area contributed by atoms with E-state index in [2.05, 4.69) is 5.32 Å². The fourth-order valence-electron chi connectivity index (χ4n) is 1.82. The van der Waals surface area contributed by atoms with Gasteiger partial charge in [-0.3, -0.25) is 4.79 Å². The molecule has 0 spiro atoms. The van der Waals surface area contributed by atoms with Crippen LogP contribution in [0, 0.1) is 11.3 Å². The highest BCUT2D eigenvalue weighted by Crippen LogP contribution is 2.32.